The van der Waals surface area contributed by atoms with Gasteiger partial charge in [0.25, 0.3) is 0 Å². The average molecular weight is 268 g/mol. The molecule has 0 unspecified atom stereocenters. The lowest BCUT2D eigenvalue weighted by Gasteiger charge is -2.09. The van der Waals surface area contributed by atoms with Crippen LogP contribution in [0.15, 0.2) is 48.5 Å². The summed E-state index contributed by atoms with van der Waals surface area (Å²) in [7, 11) is 3.18. The van der Waals surface area contributed by atoms with Crippen molar-refractivity contribution in [3.8, 4) is 23.3 Å². The molecular weight excluding hydrogens is 252 g/mol. The summed E-state index contributed by atoms with van der Waals surface area (Å²) in [4.78, 5) is 0. The van der Waals surface area contributed by atoms with E-state index >= 15 is 0 Å². The monoisotopic (exact) mass is 268 g/mol. The molecule has 2 rings (SSSR count). The third-order valence-corrected chi connectivity index (χ3v) is 2.62. The van der Waals surface area contributed by atoms with E-state index < -0.39 is 0 Å². The van der Waals surface area contributed by atoms with Gasteiger partial charge in [0.2, 0.25) is 0 Å². The van der Waals surface area contributed by atoms with Gasteiger partial charge in [0.05, 0.1) is 7.11 Å². The summed E-state index contributed by atoms with van der Waals surface area (Å²) in [6, 6.07) is 15.4. The van der Waals surface area contributed by atoms with E-state index in [1.807, 2.05) is 48.5 Å². The zero-order valence-corrected chi connectivity index (χ0v) is 11.6. The fourth-order valence-corrected chi connectivity index (χ4v) is 1.66. The lowest BCUT2D eigenvalue weighted by atomic mass is 10.1. The van der Waals surface area contributed by atoms with Crippen LogP contribution in [0.1, 0.15) is 11.1 Å². The predicted molar refractivity (Wildman–Crippen MR) is 77.9 cm³/mol. The highest BCUT2D eigenvalue weighted by atomic mass is 16.7. The molecule has 0 aliphatic rings. The molecule has 0 aliphatic heterocycles. The second kappa shape index (κ2) is 7.22. The molecule has 0 heterocycles. The first kappa shape index (κ1) is 14.0. The number of ether oxygens (including phenoxy) is 3. The highest BCUT2D eigenvalue weighted by molar-refractivity contribution is 5.50. The fraction of sp³-hybridized carbons (Fsp3) is 0.176. The molecule has 2 aromatic carbocycles. The summed E-state index contributed by atoms with van der Waals surface area (Å²) in [5.41, 5.74) is 1.84. The maximum Gasteiger partial charge on any atom is 0.188 e. The van der Waals surface area contributed by atoms with Crippen molar-refractivity contribution < 1.29 is 14.2 Å². The van der Waals surface area contributed by atoms with Crippen LogP contribution in [0.5, 0.6) is 11.5 Å². The van der Waals surface area contributed by atoms with E-state index in [1.165, 1.54) is 0 Å². The van der Waals surface area contributed by atoms with Gasteiger partial charge in [-0.25, -0.2) is 0 Å². The molecule has 3 nitrogen and oxygen atoms in total. The van der Waals surface area contributed by atoms with Gasteiger partial charge in [-0.2, -0.15) is 0 Å². The van der Waals surface area contributed by atoms with E-state index in [0.29, 0.717) is 11.5 Å². The molecule has 0 spiro atoms. The summed E-state index contributed by atoms with van der Waals surface area (Å²) in [5.74, 6) is 7.49. The van der Waals surface area contributed by atoms with Crippen LogP contribution in [0.4, 0.5) is 0 Å². The Bertz CT molecular complexity index is 609. The molecule has 0 bridgehead atoms. The average Bonchev–Trinajstić information content (AvgIpc) is 2.52. The summed E-state index contributed by atoms with van der Waals surface area (Å²) in [6.07, 6.45) is 0. The second-order valence-electron chi connectivity index (χ2n) is 4.03. The van der Waals surface area contributed by atoms with E-state index in [9.17, 15) is 0 Å². The topological polar surface area (TPSA) is 27.7 Å². The molecule has 20 heavy (non-hydrogen) atoms. The van der Waals surface area contributed by atoms with Crippen LogP contribution in [-0.4, -0.2) is 21.0 Å². The van der Waals surface area contributed by atoms with Gasteiger partial charge in [0, 0.05) is 18.2 Å². The van der Waals surface area contributed by atoms with Gasteiger partial charge in [0.1, 0.15) is 0 Å². The Morgan fingerprint density at radius 3 is 2.30 bits per heavy atom. The van der Waals surface area contributed by atoms with E-state index in [-0.39, 0.29) is 6.79 Å². The third-order valence-electron chi connectivity index (χ3n) is 2.62. The number of rotatable bonds is 4. The number of methoxy groups -OCH3 is 2. The molecule has 2 aromatic rings. The van der Waals surface area contributed by atoms with Gasteiger partial charge in [-0.15, -0.1) is 0 Å². The van der Waals surface area contributed by atoms with Crippen molar-refractivity contribution in [2.24, 2.45) is 0 Å². The summed E-state index contributed by atoms with van der Waals surface area (Å²) in [6.45, 7) is 0.173. The van der Waals surface area contributed by atoms with Gasteiger partial charge < -0.3 is 14.2 Å². The van der Waals surface area contributed by atoms with Gasteiger partial charge in [-0.3, -0.25) is 0 Å². The molecule has 0 atom stereocenters. The molecule has 0 saturated carbocycles. The maximum atomic E-state index is 5.45. The molecule has 102 valence electrons. The first-order chi connectivity index (χ1) is 9.83. The van der Waals surface area contributed by atoms with Crippen molar-refractivity contribution in [1.82, 2.24) is 0 Å². The van der Waals surface area contributed by atoms with Crippen molar-refractivity contribution in [2.45, 2.75) is 0 Å². The number of hydrogen-bond acceptors (Lipinski definition) is 3. The first-order valence-electron chi connectivity index (χ1n) is 6.20. The minimum Gasteiger partial charge on any atom is -0.493 e. The SMILES string of the molecule is COCOc1cc(C#Cc2ccccc2)ccc1OC. The van der Waals surface area contributed by atoms with Crippen molar-refractivity contribution in [2.75, 3.05) is 21.0 Å². The van der Waals surface area contributed by atoms with Crippen molar-refractivity contribution >= 4 is 0 Å². The third kappa shape index (κ3) is 3.78. The Morgan fingerprint density at radius 1 is 0.850 bits per heavy atom. The lowest BCUT2D eigenvalue weighted by molar-refractivity contribution is 0.0491. The quantitative estimate of drug-likeness (QED) is 0.630. The second-order valence-corrected chi connectivity index (χ2v) is 4.03. The largest absolute Gasteiger partial charge is 0.493 e. The van der Waals surface area contributed by atoms with Crippen LogP contribution in [0.2, 0.25) is 0 Å². The molecule has 0 aliphatic carbocycles. The summed E-state index contributed by atoms with van der Waals surface area (Å²) >= 11 is 0. The van der Waals surface area contributed by atoms with Crippen molar-refractivity contribution in [3.63, 3.8) is 0 Å². The van der Waals surface area contributed by atoms with Crippen LogP contribution >= 0.6 is 0 Å². The van der Waals surface area contributed by atoms with Crippen molar-refractivity contribution in [1.29, 1.82) is 0 Å². The Morgan fingerprint density at radius 2 is 1.60 bits per heavy atom. The zero-order valence-electron chi connectivity index (χ0n) is 11.6. The Balaban J connectivity index is 2.23. The molecule has 0 amide bonds. The minimum atomic E-state index is 0.173. The van der Waals surface area contributed by atoms with Crippen LogP contribution in [0.3, 0.4) is 0 Å². The van der Waals surface area contributed by atoms with Crippen LogP contribution < -0.4 is 9.47 Å². The summed E-state index contributed by atoms with van der Waals surface area (Å²) < 4.78 is 15.6. The van der Waals surface area contributed by atoms with Crippen LogP contribution in [0.25, 0.3) is 0 Å². The molecule has 3 heteroatoms. The molecule has 0 fully saturated rings. The molecule has 0 radical (unpaired) electrons. The van der Waals surface area contributed by atoms with Crippen LogP contribution in [0, 0.1) is 11.8 Å². The van der Waals surface area contributed by atoms with Gasteiger partial charge in [0.15, 0.2) is 18.3 Å². The fourth-order valence-electron chi connectivity index (χ4n) is 1.66. The lowest BCUT2D eigenvalue weighted by Crippen LogP contribution is -2.00. The maximum absolute atomic E-state index is 5.45. The Hall–Kier alpha value is -2.44. The zero-order chi connectivity index (χ0) is 14.2. The van der Waals surface area contributed by atoms with Crippen LogP contribution in [-0.2, 0) is 4.74 Å². The smallest absolute Gasteiger partial charge is 0.188 e. The molecule has 0 N–H and O–H groups in total. The molecule has 0 saturated heterocycles. The normalized spacial score (nSPS) is 9.50. The number of hydrogen-bond donors (Lipinski definition) is 0. The molecule has 0 aromatic heterocycles. The Kier molecular flexibility index (Phi) is 5.05. The highest BCUT2D eigenvalue weighted by Gasteiger charge is 2.04. The van der Waals surface area contributed by atoms with E-state index in [1.54, 1.807) is 14.2 Å². The minimum absolute atomic E-state index is 0.173. The van der Waals surface area contributed by atoms with Crippen molar-refractivity contribution in [3.05, 3.63) is 59.7 Å². The van der Waals surface area contributed by atoms with Gasteiger partial charge in [-0.05, 0) is 30.3 Å². The van der Waals surface area contributed by atoms with Gasteiger partial charge >= 0.3 is 0 Å². The standard InChI is InChI=1S/C17H16O3/c1-18-13-20-17-12-15(10-11-16(17)19-2)9-8-14-6-4-3-5-7-14/h3-7,10-12H,13H2,1-2H3. The first-order valence-corrected chi connectivity index (χ1v) is 6.20. The predicted octanol–water partition coefficient (Wildman–Crippen LogP) is 3.08. The van der Waals surface area contributed by atoms with E-state index in [4.69, 9.17) is 14.2 Å². The highest BCUT2D eigenvalue weighted by Crippen LogP contribution is 2.27. The Labute approximate surface area is 119 Å². The number of benzene rings is 2. The summed E-state index contributed by atoms with van der Waals surface area (Å²) in [5, 5.41) is 0. The van der Waals surface area contributed by atoms with Gasteiger partial charge in [-0.1, -0.05) is 30.0 Å². The van der Waals surface area contributed by atoms with E-state index in [0.717, 1.165) is 11.1 Å². The van der Waals surface area contributed by atoms with E-state index in [2.05, 4.69) is 11.8 Å². The molecular formula is C17H16O3.